The Kier molecular flexibility index (Phi) is 5.45. The van der Waals surface area contributed by atoms with Gasteiger partial charge in [0.1, 0.15) is 5.60 Å². The summed E-state index contributed by atoms with van der Waals surface area (Å²) < 4.78 is 2.33. The fourth-order valence-corrected chi connectivity index (χ4v) is 4.73. The Morgan fingerprint density at radius 1 is 1.14 bits per heavy atom. The second-order valence-corrected chi connectivity index (χ2v) is 9.24. The van der Waals surface area contributed by atoms with Gasteiger partial charge in [-0.15, -0.1) is 0 Å². The number of nitrogens with zero attached hydrogens (tertiary/aromatic N) is 3. The lowest BCUT2D eigenvalue weighted by molar-refractivity contribution is -0.0264. The van der Waals surface area contributed by atoms with Gasteiger partial charge in [0.25, 0.3) is 0 Å². The summed E-state index contributed by atoms with van der Waals surface area (Å²) in [5.74, 6) is 0.0565. The van der Waals surface area contributed by atoms with Crippen molar-refractivity contribution in [2.75, 3.05) is 6.54 Å². The topological polar surface area (TPSA) is 41.3 Å². The molecule has 29 heavy (non-hydrogen) atoms. The SMILES string of the molecule is CC(C)N1CCc2c(c3cc(Cl)ccc3n2CC(O)(c2ccncc2)C(C)C)C1. The van der Waals surface area contributed by atoms with Crippen LogP contribution in [-0.2, 0) is 25.1 Å². The largest absolute Gasteiger partial charge is 0.383 e. The minimum atomic E-state index is -0.975. The molecule has 4 nitrogen and oxygen atoms in total. The maximum absolute atomic E-state index is 11.8. The van der Waals surface area contributed by atoms with Gasteiger partial charge < -0.3 is 9.67 Å². The maximum atomic E-state index is 11.8. The van der Waals surface area contributed by atoms with Crippen LogP contribution >= 0.6 is 11.6 Å². The molecule has 0 amide bonds. The number of hydrogen-bond donors (Lipinski definition) is 1. The van der Waals surface area contributed by atoms with E-state index in [1.54, 1.807) is 12.4 Å². The molecular weight excluding hydrogens is 382 g/mol. The number of aromatic nitrogens is 2. The average molecular weight is 412 g/mol. The number of rotatable bonds is 5. The van der Waals surface area contributed by atoms with Crippen molar-refractivity contribution in [1.82, 2.24) is 14.5 Å². The van der Waals surface area contributed by atoms with Gasteiger partial charge >= 0.3 is 0 Å². The molecule has 1 aliphatic rings. The van der Waals surface area contributed by atoms with E-state index in [1.165, 1.54) is 16.6 Å². The number of benzene rings is 1. The first-order valence-electron chi connectivity index (χ1n) is 10.5. The highest BCUT2D eigenvalue weighted by atomic mass is 35.5. The number of aliphatic hydroxyl groups is 1. The molecule has 1 aromatic carbocycles. The third-order valence-corrected chi connectivity index (χ3v) is 6.75. The molecule has 0 bridgehead atoms. The second-order valence-electron chi connectivity index (χ2n) is 8.80. The summed E-state index contributed by atoms with van der Waals surface area (Å²) in [4.78, 5) is 6.64. The highest BCUT2D eigenvalue weighted by Gasteiger charge is 2.36. The standard InChI is InChI=1S/C24H30ClN3O/c1-16(2)24(29,18-7-10-26-11-8-18)15-28-22-6-5-19(25)13-20(22)21-14-27(17(3)4)12-9-23(21)28/h5-8,10-11,13,16-17,29H,9,12,14-15H2,1-4H3. The number of halogens is 1. The predicted octanol–water partition coefficient (Wildman–Crippen LogP) is 5.00. The third kappa shape index (κ3) is 3.58. The van der Waals surface area contributed by atoms with Crippen LogP contribution in [0.5, 0.6) is 0 Å². The summed E-state index contributed by atoms with van der Waals surface area (Å²) in [6, 6.07) is 10.5. The second kappa shape index (κ2) is 7.75. The highest BCUT2D eigenvalue weighted by molar-refractivity contribution is 6.31. The zero-order valence-electron chi connectivity index (χ0n) is 17.7. The third-order valence-electron chi connectivity index (χ3n) is 6.51. The summed E-state index contributed by atoms with van der Waals surface area (Å²) in [6.45, 7) is 11.1. The van der Waals surface area contributed by atoms with Crippen molar-refractivity contribution >= 4 is 22.5 Å². The molecule has 4 rings (SSSR count). The highest BCUT2D eigenvalue weighted by Crippen LogP contribution is 2.38. The zero-order chi connectivity index (χ0) is 20.8. The van der Waals surface area contributed by atoms with E-state index in [-0.39, 0.29) is 5.92 Å². The molecule has 0 spiro atoms. The van der Waals surface area contributed by atoms with E-state index in [2.05, 4.69) is 54.3 Å². The van der Waals surface area contributed by atoms with E-state index in [0.29, 0.717) is 12.6 Å². The Bertz CT molecular complexity index is 1010. The molecule has 3 aromatic rings. The quantitative estimate of drug-likeness (QED) is 0.642. The van der Waals surface area contributed by atoms with Gasteiger partial charge in [-0.3, -0.25) is 9.88 Å². The van der Waals surface area contributed by atoms with Crippen molar-refractivity contribution in [2.45, 2.75) is 58.8 Å². The monoisotopic (exact) mass is 411 g/mol. The zero-order valence-corrected chi connectivity index (χ0v) is 18.4. The summed E-state index contributed by atoms with van der Waals surface area (Å²) in [6.07, 6.45) is 4.49. The molecule has 0 saturated carbocycles. The number of hydrogen-bond acceptors (Lipinski definition) is 3. The maximum Gasteiger partial charge on any atom is 0.110 e. The molecule has 1 atom stereocenters. The molecule has 2 aromatic heterocycles. The molecule has 0 saturated heterocycles. The molecule has 1 aliphatic heterocycles. The Hall–Kier alpha value is -1.88. The molecule has 0 radical (unpaired) electrons. The lowest BCUT2D eigenvalue weighted by Gasteiger charge is -2.35. The molecule has 154 valence electrons. The van der Waals surface area contributed by atoms with Crippen LogP contribution in [0.2, 0.25) is 5.02 Å². The van der Waals surface area contributed by atoms with E-state index in [9.17, 15) is 5.11 Å². The van der Waals surface area contributed by atoms with E-state index in [0.717, 1.165) is 35.6 Å². The molecule has 3 heterocycles. The number of pyridine rings is 1. The Morgan fingerprint density at radius 3 is 2.52 bits per heavy atom. The van der Waals surface area contributed by atoms with Crippen LogP contribution in [0, 0.1) is 5.92 Å². The van der Waals surface area contributed by atoms with E-state index in [4.69, 9.17) is 11.6 Å². The smallest absolute Gasteiger partial charge is 0.110 e. The molecular formula is C24H30ClN3O. The Balaban J connectivity index is 1.86. The van der Waals surface area contributed by atoms with Gasteiger partial charge in [-0.1, -0.05) is 25.4 Å². The van der Waals surface area contributed by atoms with Crippen molar-refractivity contribution in [2.24, 2.45) is 5.92 Å². The van der Waals surface area contributed by atoms with Crippen LogP contribution in [0.25, 0.3) is 10.9 Å². The van der Waals surface area contributed by atoms with Gasteiger partial charge in [0.2, 0.25) is 0 Å². The molecule has 1 N–H and O–H groups in total. The van der Waals surface area contributed by atoms with Gasteiger partial charge in [0, 0.05) is 59.6 Å². The fraction of sp³-hybridized carbons (Fsp3) is 0.458. The first-order chi connectivity index (χ1) is 13.8. The summed E-state index contributed by atoms with van der Waals surface area (Å²) in [5.41, 5.74) is 3.76. The van der Waals surface area contributed by atoms with Crippen LogP contribution in [0.15, 0.2) is 42.7 Å². The lowest BCUT2D eigenvalue weighted by Crippen LogP contribution is -2.39. The van der Waals surface area contributed by atoms with Crippen LogP contribution in [0.1, 0.15) is 44.5 Å². The van der Waals surface area contributed by atoms with E-state index in [1.807, 2.05) is 18.2 Å². The molecule has 0 aliphatic carbocycles. The van der Waals surface area contributed by atoms with Gasteiger partial charge in [-0.25, -0.2) is 0 Å². The van der Waals surface area contributed by atoms with Crippen molar-refractivity contribution < 1.29 is 5.11 Å². The van der Waals surface area contributed by atoms with Crippen molar-refractivity contribution in [3.63, 3.8) is 0 Å². The average Bonchev–Trinajstić information content (AvgIpc) is 3.00. The first-order valence-corrected chi connectivity index (χ1v) is 10.9. The van der Waals surface area contributed by atoms with Crippen LogP contribution in [0.4, 0.5) is 0 Å². The summed E-state index contributed by atoms with van der Waals surface area (Å²) in [7, 11) is 0. The summed E-state index contributed by atoms with van der Waals surface area (Å²) >= 11 is 6.37. The van der Waals surface area contributed by atoms with Crippen molar-refractivity contribution in [1.29, 1.82) is 0 Å². The predicted molar refractivity (Wildman–Crippen MR) is 119 cm³/mol. The Labute approximate surface area is 178 Å². The van der Waals surface area contributed by atoms with Crippen LogP contribution < -0.4 is 0 Å². The van der Waals surface area contributed by atoms with Crippen LogP contribution in [0.3, 0.4) is 0 Å². The molecule has 5 heteroatoms. The molecule has 1 unspecified atom stereocenters. The van der Waals surface area contributed by atoms with Gasteiger partial charge in [-0.05, 0) is 61.2 Å². The minimum absolute atomic E-state index is 0.0565. The van der Waals surface area contributed by atoms with Crippen molar-refractivity contribution in [3.8, 4) is 0 Å². The lowest BCUT2D eigenvalue weighted by atomic mass is 9.83. The van der Waals surface area contributed by atoms with Gasteiger partial charge in [0.15, 0.2) is 0 Å². The summed E-state index contributed by atoms with van der Waals surface area (Å²) in [5, 5.41) is 13.8. The fourth-order valence-electron chi connectivity index (χ4n) is 4.55. The van der Waals surface area contributed by atoms with E-state index < -0.39 is 5.60 Å². The van der Waals surface area contributed by atoms with Gasteiger partial charge in [0.05, 0.1) is 6.54 Å². The first kappa shape index (κ1) is 20.4. The van der Waals surface area contributed by atoms with Crippen molar-refractivity contribution in [3.05, 3.63) is 64.6 Å². The van der Waals surface area contributed by atoms with Crippen LogP contribution in [-0.4, -0.2) is 32.1 Å². The molecule has 0 fully saturated rings. The normalized spacial score (nSPS) is 17.1. The van der Waals surface area contributed by atoms with E-state index >= 15 is 0 Å². The Morgan fingerprint density at radius 2 is 1.86 bits per heavy atom. The minimum Gasteiger partial charge on any atom is -0.383 e. The van der Waals surface area contributed by atoms with Gasteiger partial charge in [-0.2, -0.15) is 0 Å². The number of fused-ring (bicyclic) bond motifs is 3.